The minimum atomic E-state index is -0.447. The van der Waals surface area contributed by atoms with Gasteiger partial charge in [0, 0.05) is 13.1 Å². The van der Waals surface area contributed by atoms with E-state index in [1.807, 2.05) is 30.3 Å². The molecule has 0 spiro atoms. The van der Waals surface area contributed by atoms with Crippen molar-refractivity contribution < 1.29 is 23.9 Å². The second-order valence-electron chi connectivity index (χ2n) is 8.52. The van der Waals surface area contributed by atoms with E-state index >= 15 is 0 Å². The number of thioether (sulfide) groups is 1. The molecule has 0 radical (unpaired) electrons. The van der Waals surface area contributed by atoms with Crippen LogP contribution in [0.25, 0.3) is 6.08 Å². The van der Waals surface area contributed by atoms with Gasteiger partial charge in [-0.3, -0.25) is 19.3 Å². The van der Waals surface area contributed by atoms with Gasteiger partial charge in [-0.25, -0.2) is 0 Å². The Hall–Kier alpha value is -3.26. The van der Waals surface area contributed by atoms with Crippen LogP contribution in [-0.2, 0) is 16.2 Å². The molecule has 2 aromatic carbocycles. The maximum Gasteiger partial charge on any atom is 0.294 e. The summed E-state index contributed by atoms with van der Waals surface area (Å²) in [6.07, 6.45) is 3.53. The highest BCUT2D eigenvalue weighted by atomic mass is 32.2. The number of imide groups is 1. The number of hydrogen-bond donors (Lipinski definition) is 0. The summed E-state index contributed by atoms with van der Waals surface area (Å²) in [6.45, 7) is 3.69. The Morgan fingerprint density at radius 2 is 1.82 bits per heavy atom. The molecule has 8 heteroatoms. The summed E-state index contributed by atoms with van der Waals surface area (Å²) < 4.78 is 11.3. The van der Waals surface area contributed by atoms with Crippen LogP contribution in [-0.4, -0.2) is 53.6 Å². The average molecular weight is 481 g/mol. The normalized spacial score (nSPS) is 18.0. The zero-order valence-corrected chi connectivity index (χ0v) is 20.2. The Kier molecular flexibility index (Phi) is 7.57. The highest BCUT2D eigenvalue weighted by Gasteiger charge is 2.37. The van der Waals surface area contributed by atoms with Crippen molar-refractivity contribution in [1.29, 1.82) is 0 Å². The molecule has 2 aliphatic heterocycles. The van der Waals surface area contributed by atoms with Gasteiger partial charge in [-0.1, -0.05) is 43.3 Å². The number of ether oxygens (including phenoxy) is 2. The van der Waals surface area contributed by atoms with E-state index in [4.69, 9.17) is 9.47 Å². The van der Waals surface area contributed by atoms with Crippen LogP contribution >= 0.6 is 11.8 Å². The molecule has 0 unspecified atom stereocenters. The van der Waals surface area contributed by atoms with E-state index in [1.165, 1.54) is 0 Å². The van der Waals surface area contributed by atoms with E-state index in [-0.39, 0.29) is 17.4 Å². The van der Waals surface area contributed by atoms with Gasteiger partial charge in [0.1, 0.15) is 13.2 Å². The molecule has 2 aromatic rings. The number of hydrogen-bond acceptors (Lipinski definition) is 6. The van der Waals surface area contributed by atoms with Gasteiger partial charge in [0.2, 0.25) is 5.91 Å². The average Bonchev–Trinajstić information content (AvgIpc) is 3.11. The number of carbonyl (C=O) groups is 3. The van der Waals surface area contributed by atoms with E-state index < -0.39 is 11.1 Å². The second kappa shape index (κ2) is 10.8. The van der Waals surface area contributed by atoms with Gasteiger partial charge in [-0.15, -0.1) is 0 Å². The zero-order valence-electron chi connectivity index (χ0n) is 19.4. The number of piperidine rings is 1. The second-order valence-corrected chi connectivity index (χ2v) is 9.51. The zero-order chi connectivity index (χ0) is 24.1. The predicted octanol–water partition coefficient (Wildman–Crippen LogP) is 4.57. The van der Waals surface area contributed by atoms with Crippen LogP contribution in [0.2, 0.25) is 0 Å². The van der Waals surface area contributed by atoms with Crippen molar-refractivity contribution in [2.75, 3.05) is 26.7 Å². The summed E-state index contributed by atoms with van der Waals surface area (Å²) in [5, 5.41) is -0.426. The van der Waals surface area contributed by atoms with E-state index in [2.05, 4.69) is 6.92 Å². The monoisotopic (exact) mass is 480 g/mol. The SMILES string of the molecule is COc1cc(/C=C2/SC(=O)N(CC(=O)N3CCC(C)CC3)C2=O)ccc1OCc1ccccc1. The molecule has 2 aliphatic rings. The number of likely N-dealkylation sites (tertiary alicyclic amines) is 1. The van der Waals surface area contributed by atoms with Crippen molar-refractivity contribution in [2.24, 2.45) is 5.92 Å². The minimum absolute atomic E-state index is 0.183. The molecule has 7 nitrogen and oxygen atoms in total. The van der Waals surface area contributed by atoms with Crippen molar-refractivity contribution in [1.82, 2.24) is 9.80 Å². The fraction of sp³-hybridized carbons (Fsp3) is 0.346. The predicted molar refractivity (Wildman–Crippen MR) is 131 cm³/mol. The van der Waals surface area contributed by atoms with Gasteiger partial charge in [-0.2, -0.15) is 0 Å². The van der Waals surface area contributed by atoms with Gasteiger partial charge in [0.25, 0.3) is 11.1 Å². The Morgan fingerprint density at radius 1 is 1.09 bits per heavy atom. The summed E-state index contributed by atoms with van der Waals surface area (Å²) in [7, 11) is 1.55. The van der Waals surface area contributed by atoms with Crippen molar-refractivity contribution in [3.63, 3.8) is 0 Å². The molecule has 2 saturated heterocycles. The fourth-order valence-corrected chi connectivity index (χ4v) is 4.75. The molecule has 2 heterocycles. The number of methoxy groups -OCH3 is 1. The van der Waals surface area contributed by atoms with Crippen LogP contribution in [0.1, 0.15) is 30.9 Å². The highest BCUT2D eigenvalue weighted by molar-refractivity contribution is 8.18. The molecular weight excluding hydrogens is 452 g/mol. The van der Waals surface area contributed by atoms with E-state index in [0.29, 0.717) is 42.7 Å². The highest BCUT2D eigenvalue weighted by Crippen LogP contribution is 2.35. The Morgan fingerprint density at radius 3 is 2.53 bits per heavy atom. The molecule has 4 rings (SSSR count). The standard InChI is InChI=1S/C26H28N2O5S/c1-18-10-12-27(13-11-18)24(29)16-28-25(30)23(34-26(28)31)15-20-8-9-21(22(14-20)32-2)33-17-19-6-4-3-5-7-19/h3-9,14-15,18H,10-13,16-17H2,1-2H3/b23-15+. The van der Waals surface area contributed by atoms with Crippen LogP contribution in [0.5, 0.6) is 11.5 Å². The third-order valence-corrected chi connectivity index (χ3v) is 6.93. The molecule has 0 atom stereocenters. The first-order valence-corrected chi connectivity index (χ1v) is 12.1. The number of amides is 3. The summed E-state index contributed by atoms with van der Waals surface area (Å²) in [5.74, 6) is 1.07. The summed E-state index contributed by atoms with van der Waals surface area (Å²) >= 11 is 0.847. The molecule has 3 amide bonds. The van der Waals surface area contributed by atoms with Crippen LogP contribution < -0.4 is 9.47 Å². The molecule has 0 bridgehead atoms. The molecular formula is C26H28N2O5S. The molecule has 0 aromatic heterocycles. The largest absolute Gasteiger partial charge is 0.493 e. The summed E-state index contributed by atoms with van der Waals surface area (Å²) in [5.41, 5.74) is 1.74. The number of nitrogens with zero attached hydrogens (tertiary/aromatic N) is 2. The first-order valence-electron chi connectivity index (χ1n) is 11.3. The lowest BCUT2D eigenvalue weighted by atomic mass is 9.99. The van der Waals surface area contributed by atoms with Gasteiger partial charge in [0.15, 0.2) is 11.5 Å². The third kappa shape index (κ3) is 5.62. The minimum Gasteiger partial charge on any atom is -0.493 e. The quantitative estimate of drug-likeness (QED) is 0.541. The van der Waals surface area contributed by atoms with Crippen LogP contribution in [0.15, 0.2) is 53.4 Å². The number of benzene rings is 2. The third-order valence-electron chi connectivity index (χ3n) is 6.03. The Balaban J connectivity index is 1.42. The first kappa shape index (κ1) is 23.9. The lowest BCUT2D eigenvalue weighted by molar-refractivity contribution is -0.136. The van der Waals surface area contributed by atoms with Crippen molar-refractivity contribution in [2.45, 2.75) is 26.4 Å². The molecule has 2 fully saturated rings. The lowest BCUT2D eigenvalue weighted by Gasteiger charge is -2.31. The van der Waals surface area contributed by atoms with E-state index in [0.717, 1.165) is 35.1 Å². The van der Waals surface area contributed by atoms with Gasteiger partial charge in [0.05, 0.1) is 12.0 Å². The number of carbonyl (C=O) groups excluding carboxylic acids is 3. The summed E-state index contributed by atoms with van der Waals surface area (Å²) in [4.78, 5) is 41.0. The molecule has 0 saturated carbocycles. The van der Waals surface area contributed by atoms with Crippen LogP contribution in [0, 0.1) is 5.92 Å². The smallest absolute Gasteiger partial charge is 0.294 e. The van der Waals surface area contributed by atoms with Crippen molar-refractivity contribution >= 4 is 34.9 Å². The first-order chi connectivity index (χ1) is 16.4. The van der Waals surface area contributed by atoms with Gasteiger partial charge < -0.3 is 14.4 Å². The Labute approximate surface area is 203 Å². The van der Waals surface area contributed by atoms with E-state index in [9.17, 15) is 14.4 Å². The van der Waals surface area contributed by atoms with E-state index in [1.54, 1.807) is 36.3 Å². The number of rotatable bonds is 7. The molecule has 0 N–H and O–H groups in total. The lowest BCUT2D eigenvalue weighted by Crippen LogP contribution is -2.45. The molecule has 34 heavy (non-hydrogen) atoms. The van der Waals surface area contributed by atoms with Gasteiger partial charge >= 0.3 is 0 Å². The van der Waals surface area contributed by atoms with Crippen molar-refractivity contribution in [3.05, 3.63) is 64.6 Å². The maximum absolute atomic E-state index is 12.9. The van der Waals surface area contributed by atoms with Crippen LogP contribution in [0.3, 0.4) is 0 Å². The molecule has 0 aliphatic carbocycles. The van der Waals surface area contributed by atoms with Crippen LogP contribution in [0.4, 0.5) is 4.79 Å². The molecule has 178 valence electrons. The topological polar surface area (TPSA) is 76.2 Å². The maximum atomic E-state index is 12.9. The Bertz CT molecular complexity index is 1090. The van der Waals surface area contributed by atoms with Crippen molar-refractivity contribution in [3.8, 4) is 11.5 Å². The van der Waals surface area contributed by atoms with Gasteiger partial charge in [-0.05, 0) is 59.9 Å². The summed E-state index contributed by atoms with van der Waals surface area (Å²) in [6, 6.07) is 15.1. The fourth-order valence-electron chi connectivity index (χ4n) is 3.91.